The molecule has 1 aliphatic heterocycles. The first-order valence-corrected chi connectivity index (χ1v) is 9.23. The van der Waals surface area contributed by atoms with Crippen LogP contribution >= 0.6 is 0 Å². The maximum atomic E-state index is 13.1. The number of amides is 1. The number of fused-ring (bicyclic) bond motifs is 3. The maximum Gasteiger partial charge on any atom is 0.248 e. The Bertz CT molecular complexity index is 1010. The van der Waals surface area contributed by atoms with Crippen LogP contribution in [0, 0.1) is 13.8 Å². The van der Waals surface area contributed by atoms with Gasteiger partial charge < -0.3 is 9.64 Å². The Labute approximate surface area is 159 Å². The van der Waals surface area contributed by atoms with Crippen LogP contribution in [0.5, 0.6) is 5.75 Å². The molecule has 5 nitrogen and oxygen atoms in total. The summed E-state index contributed by atoms with van der Waals surface area (Å²) in [5.41, 5.74) is 6.18. The van der Waals surface area contributed by atoms with Gasteiger partial charge in [-0.2, -0.15) is 5.10 Å². The average Bonchev–Trinajstić information content (AvgIpc) is 3.07. The van der Waals surface area contributed by atoms with Crippen molar-refractivity contribution in [3.63, 3.8) is 0 Å². The molecule has 138 valence electrons. The van der Waals surface area contributed by atoms with Gasteiger partial charge in [0.15, 0.2) is 0 Å². The molecule has 0 aliphatic carbocycles. The van der Waals surface area contributed by atoms with Crippen LogP contribution in [-0.2, 0) is 17.9 Å². The van der Waals surface area contributed by atoms with Gasteiger partial charge in [-0.05, 0) is 44.5 Å². The molecular formula is C22H23N3O2. The van der Waals surface area contributed by atoms with Crippen molar-refractivity contribution in [1.29, 1.82) is 0 Å². The fourth-order valence-corrected chi connectivity index (χ4v) is 3.63. The van der Waals surface area contributed by atoms with E-state index < -0.39 is 0 Å². The summed E-state index contributed by atoms with van der Waals surface area (Å²) in [6.45, 7) is 7.37. The molecule has 1 aromatic heterocycles. The summed E-state index contributed by atoms with van der Waals surface area (Å²) in [6.07, 6.45) is 1.80. The molecule has 4 rings (SSSR count). The third kappa shape index (κ3) is 3.10. The van der Waals surface area contributed by atoms with E-state index >= 15 is 0 Å². The zero-order valence-electron chi connectivity index (χ0n) is 15.9. The van der Waals surface area contributed by atoms with Crippen LogP contribution in [-0.4, -0.2) is 22.2 Å². The molecule has 0 spiro atoms. The minimum Gasteiger partial charge on any atom is -0.488 e. The van der Waals surface area contributed by atoms with E-state index in [0.717, 1.165) is 39.4 Å². The lowest BCUT2D eigenvalue weighted by Gasteiger charge is -2.24. The van der Waals surface area contributed by atoms with Crippen molar-refractivity contribution in [3.8, 4) is 17.0 Å². The standard InChI is InChI=1S/C22H23N3O2/c1-4-24(19-8-6-5-7-16(19)3)21(26)13-25-22-17(12-23-25)14-27-20-10-9-15(2)11-18(20)22/h5-12H,4,13-14H2,1-3H3. The van der Waals surface area contributed by atoms with Gasteiger partial charge in [0.05, 0.1) is 11.9 Å². The van der Waals surface area contributed by atoms with Crippen molar-refractivity contribution in [2.24, 2.45) is 0 Å². The largest absolute Gasteiger partial charge is 0.488 e. The maximum absolute atomic E-state index is 13.1. The monoisotopic (exact) mass is 361 g/mol. The van der Waals surface area contributed by atoms with Crippen molar-refractivity contribution in [2.45, 2.75) is 33.9 Å². The Balaban J connectivity index is 1.68. The fourth-order valence-electron chi connectivity index (χ4n) is 3.63. The number of nitrogens with zero attached hydrogens (tertiary/aromatic N) is 3. The summed E-state index contributed by atoms with van der Waals surface area (Å²) in [7, 11) is 0. The van der Waals surface area contributed by atoms with Gasteiger partial charge in [-0.3, -0.25) is 9.48 Å². The lowest BCUT2D eigenvalue weighted by atomic mass is 10.0. The lowest BCUT2D eigenvalue weighted by molar-refractivity contribution is -0.119. The van der Waals surface area contributed by atoms with Gasteiger partial charge in [0, 0.05) is 23.4 Å². The van der Waals surface area contributed by atoms with Gasteiger partial charge in [0.25, 0.3) is 0 Å². The number of rotatable bonds is 4. The SMILES string of the molecule is CCN(C(=O)Cn1ncc2c1-c1cc(C)ccc1OC2)c1ccccc1C. The highest BCUT2D eigenvalue weighted by molar-refractivity contribution is 5.94. The van der Waals surface area contributed by atoms with Crippen LogP contribution in [0.25, 0.3) is 11.3 Å². The zero-order valence-corrected chi connectivity index (χ0v) is 15.9. The number of anilines is 1. The molecule has 3 aromatic rings. The van der Waals surface area contributed by atoms with E-state index in [0.29, 0.717) is 13.2 Å². The molecule has 0 N–H and O–H groups in total. The third-order valence-electron chi connectivity index (χ3n) is 5.00. The molecule has 27 heavy (non-hydrogen) atoms. The first-order chi connectivity index (χ1) is 13.1. The average molecular weight is 361 g/mol. The van der Waals surface area contributed by atoms with E-state index in [4.69, 9.17) is 4.74 Å². The second-order valence-electron chi connectivity index (χ2n) is 6.89. The highest BCUT2D eigenvalue weighted by Gasteiger charge is 2.25. The Morgan fingerprint density at radius 3 is 2.81 bits per heavy atom. The van der Waals surface area contributed by atoms with Crippen molar-refractivity contribution in [2.75, 3.05) is 11.4 Å². The summed E-state index contributed by atoms with van der Waals surface area (Å²) in [6, 6.07) is 14.1. The molecule has 0 saturated carbocycles. The Kier molecular flexibility index (Phi) is 4.44. The van der Waals surface area contributed by atoms with Crippen molar-refractivity contribution in [1.82, 2.24) is 9.78 Å². The fraction of sp³-hybridized carbons (Fsp3) is 0.273. The predicted octanol–water partition coefficient (Wildman–Crippen LogP) is 4.11. The third-order valence-corrected chi connectivity index (χ3v) is 5.00. The molecular weight excluding hydrogens is 338 g/mol. The topological polar surface area (TPSA) is 47.4 Å². The van der Waals surface area contributed by atoms with E-state index in [2.05, 4.69) is 18.1 Å². The highest BCUT2D eigenvalue weighted by Crippen LogP contribution is 2.38. The Hall–Kier alpha value is -3.08. The van der Waals surface area contributed by atoms with E-state index in [-0.39, 0.29) is 12.5 Å². The number of aromatic nitrogens is 2. The number of carbonyl (C=O) groups is 1. The summed E-state index contributed by atoms with van der Waals surface area (Å²) >= 11 is 0. The number of para-hydroxylation sites is 1. The first kappa shape index (κ1) is 17.3. The van der Waals surface area contributed by atoms with E-state index in [9.17, 15) is 4.79 Å². The number of aryl methyl sites for hydroxylation is 2. The highest BCUT2D eigenvalue weighted by atomic mass is 16.5. The quantitative estimate of drug-likeness (QED) is 0.702. The minimum absolute atomic E-state index is 0.0263. The summed E-state index contributed by atoms with van der Waals surface area (Å²) in [5, 5.41) is 4.49. The van der Waals surface area contributed by atoms with Gasteiger partial charge in [-0.25, -0.2) is 0 Å². The second-order valence-corrected chi connectivity index (χ2v) is 6.89. The number of ether oxygens (including phenoxy) is 1. The molecule has 1 amide bonds. The molecule has 5 heteroatoms. The van der Waals surface area contributed by atoms with E-state index in [1.807, 2.05) is 55.1 Å². The lowest BCUT2D eigenvalue weighted by Crippen LogP contribution is -2.34. The van der Waals surface area contributed by atoms with Crippen LogP contribution in [0.1, 0.15) is 23.6 Å². The molecule has 0 fully saturated rings. The first-order valence-electron chi connectivity index (χ1n) is 9.23. The number of hydrogen-bond acceptors (Lipinski definition) is 3. The minimum atomic E-state index is 0.0263. The second kappa shape index (κ2) is 6.91. The van der Waals surface area contributed by atoms with Crippen molar-refractivity contribution >= 4 is 11.6 Å². The number of benzene rings is 2. The van der Waals surface area contributed by atoms with Crippen LogP contribution in [0.2, 0.25) is 0 Å². The summed E-state index contributed by atoms with van der Waals surface area (Å²) in [5.74, 6) is 0.868. The molecule has 0 atom stereocenters. The molecule has 0 bridgehead atoms. The normalized spacial score (nSPS) is 12.1. The van der Waals surface area contributed by atoms with Gasteiger partial charge in [0.1, 0.15) is 18.9 Å². The van der Waals surface area contributed by atoms with Crippen LogP contribution < -0.4 is 9.64 Å². The Morgan fingerprint density at radius 1 is 1.22 bits per heavy atom. The Morgan fingerprint density at radius 2 is 2.04 bits per heavy atom. The van der Waals surface area contributed by atoms with Crippen LogP contribution in [0.3, 0.4) is 0 Å². The zero-order chi connectivity index (χ0) is 19.0. The van der Waals surface area contributed by atoms with Crippen molar-refractivity contribution in [3.05, 3.63) is 65.4 Å². The molecule has 0 radical (unpaired) electrons. The molecule has 2 heterocycles. The molecule has 1 aliphatic rings. The van der Waals surface area contributed by atoms with Crippen LogP contribution in [0.4, 0.5) is 5.69 Å². The smallest absolute Gasteiger partial charge is 0.248 e. The van der Waals surface area contributed by atoms with E-state index in [1.165, 1.54) is 0 Å². The summed E-state index contributed by atoms with van der Waals surface area (Å²) in [4.78, 5) is 14.9. The van der Waals surface area contributed by atoms with Crippen molar-refractivity contribution < 1.29 is 9.53 Å². The molecule has 2 aromatic carbocycles. The number of hydrogen-bond donors (Lipinski definition) is 0. The molecule has 0 unspecified atom stereocenters. The van der Waals surface area contributed by atoms with E-state index in [1.54, 1.807) is 10.9 Å². The van der Waals surface area contributed by atoms with Gasteiger partial charge in [0.2, 0.25) is 5.91 Å². The molecule has 0 saturated heterocycles. The van der Waals surface area contributed by atoms with Crippen LogP contribution in [0.15, 0.2) is 48.7 Å². The number of likely N-dealkylation sites (N-methyl/N-ethyl adjacent to an activating group) is 1. The summed E-state index contributed by atoms with van der Waals surface area (Å²) < 4.78 is 7.63. The van der Waals surface area contributed by atoms with Gasteiger partial charge in [-0.1, -0.05) is 29.8 Å². The van der Waals surface area contributed by atoms with Gasteiger partial charge in [-0.15, -0.1) is 0 Å². The van der Waals surface area contributed by atoms with Gasteiger partial charge >= 0.3 is 0 Å². The predicted molar refractivity (Wildman–Crippen MR) is 106 cm³/mol. The number of carbonyl (C=O) groups excluding carboxylic acids is 1.